The van der Waals surface area contributed by atoms with Gasteiger partial charge >= 0.3 is 5.97 Å². The van der Waals surface area contributed by atoms with Crippen molar-refractivity contribution in [2.45, 2.75) is 32.6 Å². The van der Waals surface area contributed by atoms with Crippen LogP contribution in [0.2, 0.25) is 0 Å². The van der Waals surface area contributed by atoms with Crippen LogP contribution in [0.15, 0.2) is 66.9 Å². The van der Waals surface area contributed by atoms with Crippen LogP contribution >= 0.6 is 0 Å². The zero-order valence-corrected chi connectivity index (χ0v) is 21.1. The van der Waals surface area contributed by atoms with Crippen molar-refractivity contribution in [3.8, 4) is 11.5 Å². The zero-order chi connectivity index (χ0) is 26.0. The third-order valence-electron chi connectivity index (χ3n) is 6.39. The van der Waals surface area contributed by atoms with E-state index in [9.17, 15) is 9.59 Å². The Bertz CT molecular complexity index is 1170. The molecule has 8 nitrogen and oxygen atoms in total. The largest absolute Gasteiger partial charge is 0.494 e. The molecule has 0 bridgehead atoms. The number of ether oxygens (including phenoxy) is 2. The lowest BCUT2D eigenvalue weighted by Crippen LogP contribution is -2.36. The summed E-state index contributed by atoms with van der Waals surface area (Å²) in [4.78, 5) is 30.5. The molecule has 0 spiro atoms. The first-order valence-corrected chi connectivity index (χ1v) is 12.7. The van der Waals surface area contributed by atoms with Gasteiger partial charge in [-0.1, -0.05) is 19.4 Å². The van der Waals surface area contributed by atoms with Crippen molar-refractivity contribution in [2.75, 3.05) is 36.5 Å². The van der Waals surface area contributed by atoms with E-state index in [4.69, 9.17) is 14.6 Å². The Labute approximate surface area is 217 Å². The second kappa shape index (κ2) is 12.8. The van der Waals surface area contributed by atoms with Crippen molar-refractivity contribution in [1.82, 2.24) is 4.98 Å². The maximum atomic E-state index is 12.6. The Kier molecular flexibility index (Phi) is 8.97. The van der Waals surface area contributed by atoms with Gasteiger partial charge in [0.25, 0.3) is 5.91 Å². The lowest BCUT2D eigenvalue weighted by Gasteiger charge is -2.32. The monoisotopic (exact) mass is 503 g/mol. The van der Waals surface area contributed by atoms with Gasteiger partial charge in [0.1, 0.15) is 17.3 Å². The molecule has 0 aliphatic carbocycles. The maximum Gasteiger partial charge on any atom is 0.335 e. The van der Waals surface area contributed by atoms with E-state index in [0.717, 1.165) is 50.3 Å². The molecule has 0 unspecified atom stereocenters. The van der Waals surface area contributed by atoms with Crippen LogP contribution in [0, 0.1) is 5.92 Å². The summed E-state index contributed by atoms with van der Waals surface area (Å²) in [6.07, 6.45) is 5.67. The molecule has 1 aliphatic rings. The Morgan fingerprint density at radius 1 is 1.00 bits per heavy atom. The molecule has 3 aromatic rings. The minimum absolute atomic E-state index is 0.190. The summed E-state index contributed by atoms with van der Waals surface area (Å²) in [6, 6.07) is 17.5. The highest BCUT2D eigenvalue weighted by molar-refractivity contribution is 6.04. The molecule has 2 aromatic carbocycles. The number of piperidine rings is 1. The maximum absolute atomic E-state index is 12.6. The molecule has 0 saturated carbocycles. The number of hydrogen-bond donors (Lipinski definition) is 2. The quantitative estimate of drug-likeness (QED) is 0.333. The number of carbonyl (C=O) groups is 2. The van der Waals surface area contributed by atoms with E-state index >= 15 is 0 Å². The molecule has 1 aromatic heterocycles. The van der Waals surface area contributed by atoms with E-state index in [1.807, 2.05) is 24.3 Å². The number of benzene rings is 2. The second-order valence-corrected chi connectivity index (χ2v) is 9.16. The van der Waals surface area contributed by atoms with Gasteiger partial charge in [-0.2, -0.15) is 0 Å². The third kappa shape index (κ3) is 7.46. The molecule has 4 rings (SSSR count). The van der Waals surface area contributed by atoms with Gasteiger partial charge in [-0.25, -0.2) is 9.78 Å². The summed E-state index contributed by atoms with van der Waals surface area (Å²) in [5.41, 5.74) is 1.43. The first kappa shape index (κ1) is 26.0. The predicted octanol–water partition coefficient (Wildman–Crippen LogP) is 5.51. The molecule has 1 amide bonds. The average molecular weight is 504 g/mol. The minimum Gasteiger partial charge on any atom is -0.494 e. The molecule has 0 radical (unpaired) electrons. The molecule has 2 N–H and O–H groups in total. The molecule has 1 saturated heterocycles. The Morgan fingerprint density at radius 3 is 2.46 bits per heavy atom. The molecular formula is C29H33N3O5. The van der Waals surface area contributed by atoms with E-state index in [1.165, 1.54) is 0 Å². The fourth-order valence-electron chi connectivity index (χ4n) is 4.15. The molecule has 1 fully saturated rings. The fourth-order valence-corrected chi connectivity index (χ4v) is 4.15. The highest BCUT2D eigenvalue weighted by Gasteiger charge is 2.21. The summed E-state index contributed by atoms with van der Waals surface area (Å²) in [5, 5.41) is 12.0. The van der Waals surface area contributed by atoms with Crippen molar-refractivity contribution in [2.24, 2.45) is 5.92 Å². The van der Waals surface area contributed by atoms with Crippen LogP contribution < -0.4 is 19.7 Å². The number of aromatic nitrogens is 1. The first-order chi connectivity index (χ1) is 18.0. The fraction of sp³-hybridized carbons (Fsp3) is 0.345. The van der Waals surface area contributed by atoms with E-state index < -0.39 is 5.97 Å². The van der Waals surface area contributed by atoms with Crippen LogP contribution in [0.25, 0.3) is 0 Å². The van der Waals surface area contributed by atoms with Crippen LogP contribution in [0.5, 0.6) is 11.5 Å². The van der Waals surface area contributed by atoms with Crippen LogP contribution in [-0.2, 0) is 0 Å². The standard InChI is InChI=1S/C29H33N3O5/c1-2-3-17-36-25-10-7-22(8-11-25)28(33)31-24-9-12-27(30-19-24)32-15-13-21(14-16-32)20-37-26-6-4-5-23(18-26)29(34)35/h4-12,18-19,21H,2-3,13-17,20H2,1H3,(H,31,33)(H,34,35). The van der Waals surface area contributed by atoms with Gasteiger partial charge in [-0.05, 0) is 79.8 Å². The first-order valence-electron chi connectivity index (χ1n) is 12.7. The molecule has 2 heterocycles. The number of nitrogens with zero attached hydrogens (tertiary/aromatic N) is 2. The number of nitrogens with one attached hydrogen (secondary N) is 1. The van der Waals surface area contributed by atoms with Crippen molar-refractivity contribution in [3.05, 3.63) is 78.0 Å². The smallest absolute Gasteiger partial charge is 0.335 e. The topological polar surface area (TPSA) is 101 Å². The van der Waals surface area contributed by atoms with E-state index in [2.05, 4.69) is 22.1 Å². The lowest BCUT2D eigenvalue weighted by atomic mass is 9.98. The van der Waals surface area contributed by atoms with Crippen LogP contribution in [0.1, 0.15) is 53.3 Å². The number of amides is 1. The number of hydrogen-bond acceptors (Lipinski definition) is 6. The summed E-state index contributed by atoms with van der Waals surface area (Å²) in [5.74, 6) is 1.46. The molecule has 37 heavy (non-hydrogen) atoms. The van der Waals surface area contributed by atoms with Gasteiger partial charge in [0.15, 0.2) is 0 Å². The predicted molar refractivity (Wildman–Crippen MR) is 143 cm³/mol. The van der Waals surface area contributed by atoms with E-state index in [1.54, 1.807) is 42.6 Å². The van der Waals surface area contributed by atoms with Crippen molar-refractivity contribution in [3.63, 3.8) is 0 Å². The Balaban J connectivity index is 1.22. The van der Waals surface area contributed by atoms with Crippen molar-refractivity contribution < 1.29 is 24.2 Å². The van der Waals surface area contributed by atoms with Gasteiger partial charge in [0.2, 0.25) is 0 Å². The van der Waals surface area contributed by atoms with E-state index in [0.29, 0.717) is 36.1 Å². The number of carboxylic acid groups (broad SMARTS) is 1. The summed E-state index contributed by atoms with van der Waals surface area (Å²) in [7, 11) is 0. The lowest BCUT2D eigenvalue weighted by molar-refractivity contribution is 0.0696. The molecule has 8 heteroatoms. The highest BCUT2D eigenvalue weighted by atomic mass is 16.5. The van der Waals surface area contributed by atoms with Gasteiger partial charge in [0, 0.05) is 18.7 Å². The van der Waals surface area contributed by atoms with Crippen LogP contribution in [-0.4, -0.2) is 48.3 Å². The number of aromatic carboxylic acids is 1. The van der Waals surface area contributed by atoms with Crippen LogP contribution in [0.3, 0.4) is 0 Å². The molecular weight excluding hydrogens is 470 g/mol. The number of carbonyl (C=O) groups excluding carboxylic acids is 1. The number of pyridine rings is 1. The second-order valence-electron chi connectivity index (χ2n) is 9.16. The SMILES string of the molecule is CCCCOc1ccc(C(=O)Nc2ccc(N3CCC(COc4cccc(C(=O)O)c4)CC3)nc2)cc1. The Morgan fingerprint density at radius 2 is 1.78 bits per heavy atom. The van der Waals surface area contributed by atoms with Crippen molar-refractivity contribution >= 4 is 23.4 Å². The minimum atomic E-state index is -0.959. The average Bonchev–Trinajstić information content (AvgIpc) is 2.93. The Hall–Kier alpha value is -4.07. The summed E-state index contributed by atoms with van der Waals surface area (Å²) in [6.45, 7) is 5.06. The van der Waals surface area contributed by atoms with Gasteiger partial charge < -0.3 is 24.8 Å². The number of anilines is 2. The number of unbranched alkanes of at least 4 members (excludes halogenated alkanes) is 1. The number of carboxylic acids is 1. The molecule has 194 valence electrons. The van der Waals surface area contributed by atoms with Crippen LogP contribution in [0.4, 0.5) is 11.5 Å². The highest BCUT2D eigenvalue weighted by Crippen LogP contribution is 2.24. The van der Waals surface area contributed by atoms with E-state index in [-0.39, 0.29) is 11.5 Å². The number of rotatable bonds is 11. The summed E-state index contributed by atoms with van der Waals surface area (Å²) >= 11 is 0. The van der Waals surface area contributed by atoms with Gasteiger partial charge in [-0.15, -0.1) is 0 Å². The molecule has 1 aliphatic heterocycles. The van der Waals surface area contributed by atoms with Gasteiger partial charge in [0.05, 0.1) is 30.7 Å². The third-order valence-corrected chi connectivity index (χ3v) is 6.39. The van der Waals surface area contributed by atoms with Crippen molar-refractivity contribution in [1.29, 1.82) is 0 Å². The zero-order valence-electron chi connectivity index (χ0n) is 21.1. The summed E-state index contributed by atoms with van der Waals surface area (Å²) < 4.78 is 11.5. The normalized spacial score (nSPS) is 13.7. The molecule has 0 atom stereocenters. The van der Waals surface area contributed by atoms with Gasteiger partial charge in [-0.3, -0.25) is 4.79 Å².